The number of carbonyl (C=O) groups is 2. The van der Waals surface area contributed by atoms with Gasteiger partial charge in [-0.25, -0.2) is 9.59 Å². The zero-order valence-corrected chi connectivity index (χ0v) is 17.4. The maximum atomic E-state index is 12.9. The first kappa shape index (κ1) is 20.7. The second-order valence-electron chi connectivity index (χ2n) is 7.63. The van der Waals surface area contributed by atoms with Gasteiger partial charge in [0, 0.05) is 18.9 Å². The van der Waals surface area contributed by atoms with Crippen molar-refractivity contribution >= 4 is 12.1 Å². The van der Waals surface area contributed by atoms with Crippen LogP contribution in [0, 0.1) is 0 Å². The quantitative estimate of drug-likeness (QED) is 0.593. The van der Waals surface area contributed by atoms with Gasteiger partial charge >= 0.3 is 12.1 Å². The Morgan fingerprint density at radius 3 is 2.00 bits per heavy atom. The molecule has 31 heavy (non-hydrogen) atoms. The summed E-state index contributed by atoms with van der Waals surface area (Å²) in [6.07, 6.45) is -0.374. The van der Waals surface area contributed by atoms with E-state index >= 15 is 0 Å². The van der Waals surface area contributed by atoms with Crippen LogP contribution in [0.3, 0.4) is 0 Å². The molecule has 4 rings (SSSR count). The molecule has 1 amide bonds. The monoisotopic (exact) mass is 415 g/mol. The molecular weight excluding hydrogens is 390 g/mol. The highest BCUT2D eigenvalue weighted by molar-refractivity contribution is 5.81. The molecule has 158 valence electrons. The Labute approximate surface area is 181 Å². The van der Waals surface area contributed by atoms with E-state index in [2.05, 4.69) is 24.3 Å². The summed E-state index contributed by atoms with van der Waals surface area (Å²) in [4.78, 5) is 26.2. The van der Waals surface area contributed by atoms with Gasteiger partial charge in [0.15, 0.2) is 0 Å². The number of benzene rings is 3. The van der Waals surface area contributed by atoms with Crippen LogP contribution in [0.25, 0.3) is 11.1 Å². The number of ether oxygens (including phenoxy) is 1. The van der Waals surface area contributed by atoms with E-state index in [0.717, 1.165) is 27.8 Å². The molecule has 0 bridgehead atoms. The van der Waals surface area contributed by atoms with Crippen molar-refractivity contribution < 1.29 is 19.4 Å². The molecular formula is C26H25NO4. The summed E-state index contributed by atoms with van der Waals surface area (Å²) in [6.45, 7) is 2.18. The number of aliphatic carboxylic acids is 1. The van der Waals surface area contributed by atoms with E-state index in [0.29, 0.717) is 0 Å². The van der Waals surface area contributed by atoms with Crippen molar-refractivity contribution in [2.24, 2.45) is 0 Å². The van der Waals surface area contributed by atoms with Crippen molar-refractivity contribution in [2.45, 2.75) is 25.3 Å². The first-order valence-corrected chi connectivity index (χ1v) is 10.5. The van der Waals surface area contributed by atoms with Gasteiger partial charge < -0.3 is 9.84 Å². The van der Waals surface area contributed by atoms with Crippen molar-refractivity contribution in [2.75, 3.05) is 13.2 Å². The van der Waals surface area contributed by atoms with E-state index in [4.69, 9.17) is 4.74 Å². The molecule has 3 aromatic carbocycles. The third-order valence-corrected chi connectivity index (χ3v) is 5.84. The highest BCUT2D eigenvalue weighted by atomic mass is 16.6. The van der Waals surface area contributed by atoms with Crippen LogP contribution in [-0.4, -0.2) is 41.3 Å². The van der Waals surface area contributed by atoms with Gasteiger partial charge in [-0.1, -0.05) is 78.9 Å². The SMILES string of the molecule is CCN(C(=O)OCC1c2ccccc2-c2ccccc21)[C@@H](Cc1ccccc1)C(=O)O. The Morgan fingerprint density at radius 2 is 1.45 bits per heavy atom. The summed E-state index contributed by atoms with van der Waals surface area (Å²) in [7, 11) is 0. The van der Waals surface area contributed by atoms with Crippen LogP contribution in [0.1, 0.15) is 29.5 Å². The average molecular weight is 415 g/mol. The molecule has 5 heteroatoms. The number of carboxylic acids is 1. The fourth-order valence-corrected chi connectivity index (χ4v) is 4.32. The lowest BCUT2D eigenvalue weighted by Gasteiger charge is -2.28. The van der Waals surface area contributed by atoms with Crippen molar-refractivity contribution in [3.8, 4) is 11.1 Å². The molecule has 0 aromatic heterocycles. The van der Waals surface area contributed by atoms with Crippen molar-refractivity contribution in [3.63, 3.8) is 0 Å². The number of fused-ring (bicyclic) bond motifs is 3. The third-order valence-electron chi connectivity index (χ3n) is 5.84. The number of amides is 1. The number of nitrogens with zero attached hydrogens (tertiary/aromatic N) is 1. The maximum Gasteiger partial charge on any atom is 0.410 e. The zero-order valence-electron chi connectivity index (χ0n) is 17.4. The van der Waals surface area contributed by atoms with Crippen LogP contribution in [0.15, 0.2) is 78.9 Å². The molecule has 1 N–H and O–H groups in total. The Kier molecular flexibility index (Phi) is 6.03. The molecule has 1 atom stereocenters. The predicted molar refractivity (Wildman–Crippen MR) is 119 cm³/mol. The first-order chi connectivity index (χ1) is 15.1. The van der Waals surface area contributed by atoms with Crippen LogP contribution < -0.4 is 0 Å². The van der Waals surface area contributed by atoms with Crippen molar-refractivity contribution in [1.82, 2.24) is 4.90 Å². The fourth-order valence-electron chi connectivity index (χ4n) is 4.32. The second-order valence-corrected chi connectivity index (χ2v) is 7.63. The molecule has 0 fully saturated rings. The second kappa shape index (κ2) is 9.04. The predicted octanol–water partition coefficient (Wildman–Crippen LogP) is 4.95. The van der Waals surface area contributed by atoms with Crippen LogP contribution in [0.5, 0.6) is 0 Å². The molecule has 0 saturated heterocycles. The van der Waals surface area contributed by atoms with E-state index < -0.39 is 18.1 Å². The molecule has 0 spiro atoms. The lowest BCUT2D eigenvalue weighted by molar-refractivity contribution is -0.142. The summed E-state index contributed by atoms with van der Waals surface area (Å²) in [5.41, 5.74) is 5.41. The molecule has 5 nitrogen and oxygen atoms in total. The van der Waals surface area contributed by atoms with Crippen molar-refractivity contribution in [1.29, 1.82) is 0 Å². The van der Waals surface area contributed by atoms with E-state index in [9.17, 15) is 14.7 Å². The zero-order chi connectivity index (χ0) is 21.8. The molecule has 0 saturated carbocycles. The smallest absolute Gasteiger partial charge is 0.410 e. The van der Waals surface area contributed by atoms with Crippen LogP contribution in [-0.2, 0) is 16.0 Å². The van der Waals surface area contributed by atoms with Gasteiger partial charge in [0.2, 0.25) is 0 Å². The van der Waals surface area contributed by atoms with E-state index in [-0.39, 0.29) is 25.5 Å². The lowest BCUT2D eigenvalue weighted by Crippen LogP contribution is -2.46. The number of carbonyl (C=O) groups excluding carboxylic acids is 1. The minimum absolute atomic E-state index is 0.0625. The van der Waals surface area contributed by atoms with Gasteiger partial charge in [-0.15, -0.1) is 0 Å². The lowest BCUT2D eigenvalue weighted by atomic mass is 9.98. The summed E-state index contributed by atoms with van der Waals surface area (Å²) < 4.78 is 5.69. The van der Waals surface area contributed by atoms with Crippen molar-refractivity contribution in [3.05, 3.63) is 95.6 Å². The molecule has 1 aliphatic rings. The number of carboxylic acid groups (broad SMARTS) is 1. The number of likely N-dealkylation sites (N-methyl/N-ethyl adjacent to an activating group) is 1. The Hall–Kier alpha value is -3.60. The number of hydrogen-bond donors (Lipinski definition) is 1. The molecule has 0 heterocycles. The Balaban J connectivity index is 1.51. The molecule has 3 aromatic rings. The summed E-state index contributed by atoms with van der Waals surface area (Å²) >= 11 is 0. The first-order valence-electron chi connectivity index (χ1n) is 10.5. The van der Waals surface area contributed by atoms with Gasteiger partial charge in [0.05, 0.1) is 0 Å². The van der Waals surface area contributed by atoms with Gasteiger partial charge in [-0.3, -0.25) is 4.90 Å². The standard InChI is InChI=1S/C26H25NO4/c1-2-27(24(25(28)29)16-18-10-4-3-5-11-18)26(30)31-17-23-21-14-8-6-12-19(21)20-13-7-9-15-22(20)23/h3-15,23-24H,2,16-17H2,1H3,(H,28,29)/t24-/m0/s1. The van der Waals surface area contributed by atoms with Gasteiger partial charge in [0.1, 0.15) is 12.6 Å². The Morgan fingerprint density at radius 1 is 0.903 bits per heavy atom. The molecule has 0 radical (unpaired) electrons. The van der Waals surface area contributed by atoms with Gasteiger partial charge in [-0.2, -0.15) is 0 Å². The summed E-state index contributed by atoms with van der Waals surface area (Å²) in [5, 5.41) is 9.78. The van der Waals surface area contributed by atoms with Crippen LogP contribution >= 0.6 is 0 Å². The van der Waals surface area contributed by atoms with Gasteiger partial charge in [-0.05, 0) is 34.7 Å². The third kappa shape index (κ3) is 4.17. The van der Waals surface area contributed by atoms with E-state index in [1.165, 1.54) is 4.90 Å². The number of rotatable bonds is 7. The van der Waals surface area contributed by atoms with Crippen LogP contribution in [0.4, 0.5) is 4.79 Å². The molecule has 0 aliphatic heterocycles. The van der Waals surface area contributed by atoms with Gasteiger partial charge in [0.25, 0.3) is 0 Å². The molecule has 1 aliphatic carbocycles. The topological polar surface area (TPSA) is 66.8 Å². The van der Waals surface area contributed by atoms with E-state index in [1.54, 1.807) is 6.92 Å². The maximum absolute atomic E-state index is 12.9. The Bertz CT molecular complexity index is 1030. The summed E-state index contributed by atoms with van der Waals surface area (Å²) in [6, 6.07) is 24.6. The fraction of sp³-hybridized carbons (Fsp3) is 0.231. The average Bonchev–Trinajstić information content (AvgIpc) is 3.12. The number of hydrogen-bond acceptors (Lipinski definition) is 3. The molecule has 0 unspecified atom stereocenters. The van der Waals surface area contributed by atoms with Crippen LogP contribution in [0.2, 0.25) is 0 Å². The highest BCUT2D eigenvalue weighted by Crippen LogP contribution is 2.44. The van der Waals surface area contributed by atoms with E-state index in [1.807, 2.05) is 54.6 Å². The highest BCUT2D eigenvalue weighted by Gasteiger charge is 2.33. The normalized spacial score (nSPS) is 13.2. The summed E-state index contributed by atoms with van der Waals surface area (Å²) in [5.74, 6) is -1.10. The minimum Gasteiger partial charge on any atom is -0.480 e. The minimum atomic E-state index is -1.04. The largest absolute Gasteiger partial charge is 0.480 e.